The fourth-order valence-electron chi connectivity index (χ4n) is 0.692. The Morgan fingerprint density at radius 1 is 1.73 bits per heavy atom. The Morgan fingerprint density at radius 3 is 3.00 bits per heavy atom. The van der Waals surface area contributed by atoms with Gasteiger partial charge in [-0.25, -0.2) is 0 Å². The second-order valence-corrected chi connectivity index (χ2v) is 2.31. The first-order valence-electron chi connectivity index (χ1n) is 3.04. The van der Waals surface area contributed by atoms with Crippen LogP contribution >= 0.6 is 11.6 Å². The summed E-state index contributed by atoms with van der Waals surface area (Å²) in [6, 6.07) is 3.31. The smallest absolute Gasteiger partial charge is 0.267 e. The van der Waals surface area contributed by atoms with Crippen molar-refractivity contribution in [2.24, 2.45) is 5.73 Å². The van der Waals surface area contributed by atoms with Crippen LogP contribution in [0.5, 0.6) is 0 Å². The predicted molar refractivity (Wildman–Crippen MR) is 42.3 cm³/mol. The van der Waals surface area contributed by atoms with Crippen molar-refractivity contribution in [1.82, 2.24) is 4.98 Å². The minimum Gasteiger partial charge on any atom is -0.364 e. The van der Waals surface area contributed by atoms with Crippen LogP contribution in [0.2, 0.25) is 0 Å². The molecule has 0 unspecified atom stereocenters. The monoisotopic (exact) mass is 170 g/mol. The summed E-state index contributed by atoms with van der Waals surface area (Å²) < 4.78 is 0. The highest BCUT2D eigenvalue weighted by molar-refractivity contribution is 6.17. The molecule has 0 atom stereocenters. The quantitative estimate of drug-likeness (QED) is 0.671. The lowest BCUT2D eigenvalue weighted by atomic mass is 10.2. The summed E-state index contributed by atoms with van der Waals surface area (Å²) in [4.78, 5) is 14.3. The van der Waals surface area contributed by atoms with Crippen LogP contribution in [0.3, 0.4) is 0 Å². The van der Waals surface area contributed by atoms with Crippen molar-refractivity contribution in [2.75, 3.05) is 0 Å². The minimum absolute atomic E-state index is 0.253. The van der Waals surface area contributed by atoms with Gasteiger partial charge in [0.15, 0.2) is 0 Å². The molecule has 1 heterocycles. The third-order valence-corrected chi connectivity index (χ3v) is 1.54. The van der Waals surface area contributed by atoms with Crippen LogP contribution in [0, 0.1) is 0 Å². The van der Waals surface area contributed by atoms with Crippen molar-refractivity contribution in [2.45, 2.75) is 5.88 Å². The Morgan fingerprint density at radius 2 is 2.45 bits per heavy atom. The number of nitrogens with two attached hydrogens (primary N) is 1. The van der Waals surface area contributed by atoms with Crippen molar-refractivity contribution in [3.05, 3.63) is 29.6 Å². The van der Waals surface area contributed by atoms with Gasteiger partial charge in [0.05, 0.1) is 0 Å². The van der Waals surface area contributed by atoms with Crippen LogP contribution in [-0.2, 0) is 5.88 Å². The van der Waals surface area contributed by atoms with Crippen LogP contribution in [0.4, 0.5) is 0 Å². The lowest BCUT2D eigenvalue weighted by Gasteiger charge is -1.96. The molecule has 11 heavy (non-hydrogen) atoms. The van der Waals surface area contributed by atoms with E-state index in [4.69, 9.17) is 17.3 Å². The van der Waals surface area contributed by atoms with Gasteiger partial charge in [-0.15, -0.1) is 11.6 Å². The molecule has 1 aromatic heterocycles. The molecule has 0 aliphatic rings. The van der Waals surface area contributed by atoms with Crippen LogP contribution in [-0.4, -0.2) is 10.9 Å². The first kappa shape index (κ1) is 8.01. The molecule has 1 amide bonds. The zero-order chi connectivity index (χ0) is 8.27. The van der Waals surface area contributed by atoms with Crippen LogP contribution in [0.15, 0.2) is 18.3 Å². The van der Waals surface area contributed by atoms with E-state index in [2.05, 4.69) is 4.98 Å². The number of nitrogens with zero attached hydrogens (tertiary/aromatic N) is 1. The Labute approximate surface area is 69.2 Å². The number of hydrogen-bond acceptors (Lipinski definition) is 2. The number of primary amides is 1. The maximum atomic E-state index is 10.6. The molecular formula is C7H7ClN2O. The van der Waals surface area contributed by atoms with E-state index in [-0.39, 0.29) is 5.69 Å². The SMILES string of the molecule is NC(=O)c1cc(CCl)ccn1. The van der Waals surface area contributed by atoms with E-state index >= 15 is 0 Å². The Kier molecular flexibility index (Phi) is 2.44. The maximum Gasteiger partial charge on any atom is 0.267 e. The van der Waals surface area contributed by atoms with Gasteiger partial charge >= 0.3 is 0 Å². The number of pyridine rings is 1. The third-order valence-electron chi connectivity index (χ3n) is 1.23. The summed E-state index contributed by atoms with van der Waals surface area (Å²) in [5.74, 6) is -0.167. The molecule has 0 radical (unpaired) electrons. The topological polar surface area (TPSA) is 56.0 Å². The predicted octanol–water partition coefficient (Wildman–Crippen LogP) is 0.919. The van der Waals surface area contributed by atoms with Crippen molar-refractivity contribution in [3.63, 3.8) is 0 Å². The number of aromatic nitrogens is 1. The van der Waals surface area contributed by atoms with E-state index < -0.39 is 5.91 Å². The minimum atomic E-state index is -0.531. The maximum absolute atomic E-state index is 10.6. The number of hydrogen-bond donors (Lipinski definition) is 1. The number of amides is 1. The number of halogens is 1. The lowest BCUT2D eigenvalue weighted by Crippen LogP contribution is -2.12. The average Bonchev–Trinajstić information content (AvgIpc) is 2.05. The highest BCUT2D eigenvalue weighted by Crippen LogP contribution is 2.03. The summed E-state index contributed by atoms with van der Waals surface area (Å²) in [6.07, 6.45) is 1.51. The second kappa shape index (κ2) is 3.34. The van der Waals surface area contributed by atoms with Crippen LogP contribution in [0.1, 0.15) is 16.1 Å². The molecule has 0 aromatic carbocycles. The summed E-state index contributed by atoms with van der Waals surface area (Å²) in [5.41, 5.74) is 6.09. The normalized spacial score (nSPS) is 9.55. The first-order valence-corrected chi connectivity index (χ1v) is 3.58. The Balaban J connectivity index is 3.01. The lowest BCUT2D eigenvalue weighted by molar-refractivity contribution is 0.0995. The van der Waals surface area contributed by atoms with Crippen molar-refractivity contribution in [3.8, 4) is 0 Å². The molecule has 2 N–H and O–H groups in total. The molecule has 0 fully saturated rings. The van der Waals surface area contributed by atoms with Gasteiger partial charge in [-0.05, 0) is 17.7 Å². The van der Waals surface area contributed by atoms with Gasteiger partial charge in [-0.2, -0.15) is 0 Å². The van der Waals surface area contributed by atoms with Gasteiger partial charge < -0.3 is 5.73 Å². The zero-order valence-electron chi connectivity index (χ0n) is 5.75. The second-order valence-electron chi connectivity index (χ2n) is 2.05. The molecule has 3 nitrogen and oxygen atoms in total. The molecular weight excluding hydrogens is 164 g/mol. The van der Waals surface area contributed by atoms with E-state index in [0.29, 0.717) is 5.88 Å². The van der Waals surface area contributed by atoms with Gasteiger partial charge in [0.2, 0.25) is 0 Å². The molecule has 0 bridgehead atoms. The number of rotatable bonds is 2. The summed E-state index contributed by atoms with van der Waals surface area (Å²) in [7, 11) is 0. The molecule has 0 aliphatic carbocycles. The molecule has 0 saturated heterocycles. The molecule has 4 heteroatoms. The van der Waals surface area contributed by atoms with Crippen molar-refractivity contribution >= 4 is 17.5 Å². The molecule has 1 rings (SSSR count). The van der Waals surface area contributed by atoms with E-state index in [0.717, 1.165) is 5.56 Å². The van der Waals surface area contributed by atoms with Crippen LogP contribution in [0.25, 0.3) is 0 Å². The molecule has 0 aliphatic heterocycles. The third kappa shape index (κ3) is 1.91. The van der Waals surface area contributed by atoms with E-state index in [1.54, 1.807) is 12.1 Å². The number of carbonyl (C=O) groups excluding carboxylic acids is 1. The molecule has 58 valence electrons. The van der Waals surface area contributed by atoms with Gasteiger partial charge in [0.1, 0.15) is 5.69 Å². The van der Waals surface area contributed by atoms with Crippen molar-refractivity contribution < 1.29 is 4.79 Å². The van der Waals surface area contributed by atoms with E-state index in [1.165, 1.54) is 6.20 Å². The van der Waals surface area contributed by atoms with Gasteiger partial charge in [0, 0.05) is 12.1 Å². The Hall–Kier alpha value is -1.09. The highest BCUT2D eigenvalue weighted by atomic mass is 35.5. The zero-order valence-corrected chi connectivity index (χ0v) is 6.51. The highest BCUT2D eigenvalue weighted by Gasteiger charge is 2.00. The summed E-state index contributed by atoms with van der Waals surface area (Å²) in [5, 5.41) is 0. The van der Waals surface area contributed by atoms with Crippen molar-refractivity contribution in [1.29, 1.82) is 0 Å². The number of carbonyl (C=O) groups is 1. The summed E-state index contributed by atoms with van der Waals surface area (Å²) in [6.45, 7) is 0. The van der Waals surface area contributed by atoms with Gasteiger partial charge in [-0.3, -0.25) is 9.78 Å². The fourth-order valence-corrected chi connectivity index (χ4v) is 0.858. The summed E-state index contributed by atoms with van der Waals surface area (Å²) >= 11 is 5.52. The molecule has 0 saturated carbocycles. The van der Waals surface area contributed by atoms with E-state index in [9.17, 15) is 4.79 Å². The fraction of sp³-hybridized carbons (Fsp3) is 0.143. The standard InChI is InChI=1S/C7H7ClN2O/c8-4-5-1-2-10-6(3-5)7(9)11/h1-3H,4H2,(H2,9,11). The average molecular weight is 171 g/mol. The largest absolute Gasteiger partial charge is 0.364 e. The first-order chi connectivity index (χ1) is 5.24. The van der Waals surface area contributed by atoms with Gasteiger partial charge in [-0.1, -0.05) is 0 Å². The van der Waals surface area contributed by atoms with E-state index in [1.807, 2.05) is 0 Å². The number of alkyl halides is 1. The molecule has 1 aromatic rings. The van der Waals surface area contributed by atoms with Crippen LogP contribution < -0.4 is 5.73 Å². The molecule has 0 spiro atoms. The Bertz CT molecular complexity index is 275. The van der Waals surface area contributed by atoms with Gasteiger partial charge in [0.25, 0.3) is 5.91 Å².